The summed E-state index contributed by atoms with van der Waals surface area (Å²) in [4.78, 5) is 0.308. The average Bonchev–Trinajstić information content (AvgIpc) is 2.38. The van der Waals surface area contributed by atoms with E-state index in [1.165, 1.54) is 0 Å². The molecular formula is C15H23NO3S. The summed E-state index contributed by atoms with van der Waals surface area (Å²) in [6.07, 6.45) is 2.32. The molecule has 1 aromatic rings. The van der Waals surface area contributed by atoms with Crippen LogP contribution < -0.4 is 0 Å². The van der Waals surface area contributed by atoms with Crippen LogP contribution >= 0.6 is 0 Å². The predicted molar refractivity (Wildman–Crippen MR) is 78.9 cm³/mol. The molecule has 0 aromatic heterocycles. The van der Waals surface area contributed by atoms with Gasteiger partial charge < -0.3 is 5.11 Å². The van der Waals surface area contributed by atoms with Gasteiger partial charge in [0.05, 0.1) is 11.0 Å². The summed E-state index contributed by atoms with van der Waals surface area (Å²) in [6.45, 7) is 5.60. The second-order valence-corrected chi connectivity index (χ2v) is 7.55. The summed E-state index contributed by atoms with van der Waals surface area (Å²) in [6, 6.07) is 6.62. The van der Waals surface area contributed by atoms with Gasteiger partial charge in [-0.25, -0.2) is 8.42 Å². The van der Waals surface area contributed by atoms with Crippen LogP contribution in [0, 0.1) is 0 Å². The average molecular weight is 297 g/mol. The van der Waals surface area contributed by atoms with Gasteiger partial charge >= 0.3 is 0 Å². The first-order chi connectivity index (χ1) is 9.34. The quantitative estimate of drug-likeness (QED) is 0.933. The van der Waals surface area contributed by atoms with Gasteiger partial charge in [-0.1, -0.05) is 18.6 Å². The molecule has 0 spiro atoms. The molecule has 0 bridgehead atoms. The van der Waals surface area contributed by atoms with Crippen molar-refractivity contribution in [2.75, 3.05) is 0 Å². The number of hydrogen-bond donors (Lipinski definition) is 1. The standard InChI is InChI=1S/C15H23NO3S/c1-11-5-4-6-12(2)16(11)20(18,19)15-9-7-14(8-10-15)13(3)17/h7-13,17H,4-6H2,1-3H3/t11-,12+,13?. The molecule has 1 unspecified atom stereocenters. The molecule has 2 rings (SSSR count). The van der Waals surface area contributed by atoms with Crippen molar-refractivity contribution in [1.82, 2.24) is 4.31 Å². The second kappa shape index (κ2) is 5.84. The number of aliphatic hydroxyl groups excluding tert-OH is 1. The highest BCUT2D eigenvalue weighted by Crippen LogP contribution is 2.29. The lowest BCUT2D eigenvalue weighted by molar-refractivity contribution is 0.199. The zero-order valence-electron chi connectivity index (χ0n) is 12.3. The van der Waals surface area contributed by atoms with E-state index < -0.39 is 16.1 Å². The van der Waals surface area contributed by atoms with Gasteiger partial charge in [-0.3, -0.25) is 0 Å². The minimum atomic E-state index is -3.45. The lowest BCUT2D eigenvalue weighted by Gasteiger charge is -2.37. The van der Waals surface area contributed by atoms with E-state index in [2.05, 4.69) is 0 Å². The van der Waals surface area contributed by atoms with Crippen molar-refractivity contribution in [2.24, 2.45) is 0 Å². The number of aliphatic hydroxyl groups is 1. The van der Waals surface area contributed by atoms with Crippen molar-refractivity contribution in [2.45, 2.75) is 63.1 Å². The van der Waals surface area contributed by atoms with E-state index in [1.807, 2.05) is 13.8 Å². The minimum Gasteiger partial charge on any atom is -0.389 e. The molecule has 1 aromatic carbocycles. The number of rotatable bonds is 3. The van der Waals surface area contributed by atoms with Crippen LogP contribution in [0.4, 0.5) is 0 Å². The predicted octanol–water partition coefficient (Wildman–Crippen LogP) is 2.69. The molecule has 0 saturated carbocycles. The van der Waals surface area contributed by atoms with Crippen LogP contribution in [0.2, 0.25) is 0 Å². The fourth-order valence-electron chi connectivity index (χ4n) is 2.91. The topological polar surface area (TPSA) is 57.6 Å². The number of hydrogen-bond acceptors (Lipinski definition) is 3. The van der Waals surface area contributed by atoms with Crippen LogP contribution in [0.25, 0.3) is 0 Å². The van der Waals surface area contributed by atoms with Gasteiger partial charge in [0.2, 0.25) is 10.0 Å². The maximum atomic E-state index is 12.8. The number of nitrogens with zero attached hydrogens (tertiary/aromatic N) is 1. The summed E-state index contributed by atoms with van der Waals surface area (Å²) < 4.78 is 27.1. The first kappa shape index (κ1) is 15.5. The maximum Gasteiger partial charge on any atom is 0.243 e. The minimum absolute atomic E-state index is 0.0418. The van der Waals surface area contributed by atoms with E-state index in [0.717, 1.165) is 24.8 Å². The number of benzene rings is 1. The normalized spacial score (nSPS) is 26.4. The largest absolute Gasteiger partial charge is 0.389 e. The summed E-state index contributed by atoms with van der Waals surface area (Å²) in [5.74, 6) is 0. The van der Waals surface area contributed by atoms with Crippen LogP contribution in [-0.4, -0.2) is 29.9 Å². The molecule has 1 fully saturated rings. The first-order valence-corrected chi connectivity index (χ1v) is 8.59. The summed E-state index contributed by atoms with van der Waals surface area (Å²) in [7, 11) is -3.45. The van der Waals surface area contributed by atoms with Gasteiger partial charge in [-0.05, 0) is 51.3 Å². The highest BCUT2D eigenvalue weighted by Gasteiger charge is 2.35. The van der Waals surface area contributed by atoms with Crippen LogP contribution in [-0.2, 0) is 10.0 Å². The Morgan fingerprint density at radius 1 is 1.15 bits per heavy atom. The molecule has 0 radical (unpaired) electrons. The van der Waals surface area contributed by atoms with E-state index in [4.69, 9.17) is 0 Å². The molecule has 1 aliphatic heterocycles. The Labute approximate surface area is 121 Å². The Bertz CT molecular complexity index is 541. The molecular weight excluding hydrogens is 274 g/mol. The van der Waals surface area contributed by atoms with Crippen molar-refractivity contribution in [3.63, 3.8) is 0 Å². The van der Waals surface area contributed by atoms with Crippen molar-refractivity contribution in [3.05, 3.63) is 29.8 Å². The van der Waals surface area contributed by atoms with Gasteiger partial charge in [0.1, 0.15) is 0 Å². The number of piperidine rings is 1. The first-order valence-electron chi connectivity index (χ1n) is 7.15. The fraction of sp³-hybridized carbons (Fsp3) is 0.600. The molecule has 1 heterocycles. The third kappa shape index (κ3) is 2.90. The monoisotopic (exact) mass is 297 g/mol. The Kier molecular flexibility index (Phi) is 4.52. The summed E-state index contributed by atoms with van der Waals surface area (Å²) in [5.41, 5.74) is 0.726. The lowest BCUT2D eigenvalue weighted by Crippen LogP contribution is -2.47. The second-order valence-electron chi connectivity index (χ2n) is 5.71. The Hall–Kier alpha value is -0.910. The Balaban J connectivity index is 2.34. The molecule has 5 heteroatoms. The van der Waals surface area contributed by atoms with E-state index in [1.54, 1.807) is 35.5 Å². The molecule has 1 aliphatic rings. The van der Waals surface area contributed by atoms with Crippen molar-refractivity contribution in [1.29, 1.82) is 0 Å². The van der Waals surface area contributed by atoms with E-state index >= 15 is 0 Å². The smallest absolute Gasteiger partial charge is 0.243 e. The molecule has 1 saturated heterocycles. The van der Waals surface area contributed by atoms with E-state index in [-0.39, 0.29) is 12.1 Å². The van der Waals surface area contributed by atoms with Crippen LogP contribution in [0.15, 0.2) is 29.2 Å². The highest BCUT2D eigenvalue weighted by molar-refractivity contribution is 7.89. The third-order valence-corrected chi connectivity index (χ3v) is 6.19. The zero-order chi connectivity index (χ0) is 14.9. The molecule has 0 aliphatic carbocycles. The molecule has 3 atom stereocenters. The Morgan fingerprint density at radius 2 is 1.65 bits per heavy atom. The molecule has 4 nitrogen and oxygen atoms in total. The zero-order valence-corrected chi connectivity index (χ0v) is 13.1. The molecule has 20 heavy (non-hydrogen) atoms. The van der Waals surface area contributed by atoms with Gasteiger partial charge in [0.15, 0.2) is 0 Å². The lowest BCUT2D eigenvalue weighted by atomic mass is 10.0. The van der Waals surface area contributed by atoms with Crippen molar-refractivity contribution < 1.29 is 13.5 Å². The highest BCUT2D eigenvalue weighted by atomic mass is 32.2. The number of sulfonamides is 1. The van der Waals surface area contributed by atoms with Crippen LogP contribution in [0.3, 0.4) is 0 Å². The van der Waals surface area contributed by atoms with Crippen LogP contribution in [0.1, 0.15) is 51.7 Å². The SMILES string of the molecule is CC(O)c1ccc(S(=O)(=O)N2[C@H](C)CCC[C@@H]2C)cc1. The van der Waals surface area contributed by atoms with Crippen molar-refractivity contribution in [3.8, 4) is 0 Å². The summed E-state index contributed by atoms with van der Waals surface area (Å²) in [5, 5.41) is 9.49. The van der Waals surface area contributed by atoms with Gasteiger partial charge in [0.25, 0.3) is 0 Å². The summed E-state index contributed by atoms with van der Waals surface area (Å²) >= 11 is 0. The van der Waals surface area contributed by atoms with E-state index in [0.29, 0.717) is 4.90 Å². The molecule has 0 amide bonds. The van der Waals surface area contributed by atoms with Crippen LogP contribution in [0.5, 0.6) is 0 Å². The maximum absolute atomic E-state index is 12.8. The molecule has 112 valence electrons. The Morgan fingerprint density at radius 3 is 2.10 bits per heavy atom. The van der Waals surface area contributed by atoms with Gasteiger partial charge in [-0.15, -0.1) is 0 Å². The van der Waals surface area contributed by atoms with Gasteiger partial charge in [0, 0.05) is 12.1 Å². The van der Waals surface area contributed by atoms with Gasteiger partial charge in [-0.2, -0.15) is 4.31 Å². The fourth-order valence-corrected chi connectivity index (χ4v) is 4.79. The van der Waals surface area contributed by atoms with E-state index in [9.17, 15) is 13.5 Å². The third-order valence-electron chi connectivity index (χ3n) is 4.05. The van der Waals surface area contributed by atoms with Crippen molar-refractivity contribution >= 4 is 10.0 Å². The molecule has 1 N–H and O–H groups in total.